The summed E-state index contributed by atoms with van der Waals surface area (Å²) in [6.07, 6.45) is 1.59. The highest BCUT2D eigenvalue weighted by molar-refractivity contribution is 5.95. The number of likely N-dealkylation sites (tertiary alicyclic amines) is 1. The predicted molar refractivity (Wildman–Crippen MR) is 129 cm³/mol. The fraction of sp³-hybridized carbons (Fsp3) is 0.360. The van der Waals surface area contributed by atoms with Crippen molar-refractivity contribution in [3.05, 3.63) is 71.3 Å². The van der Waals surface area contributed by atoms with Crippen LogP contribution in [0.3, 0.4) is 0 Å². The third kappa shape index (κ3) is 6.26. The first kappa shape index (κ1) is 24.1. The molecule has 8 heteroatoms. The molecule has 3 atom stereocenters. The standard InChI is InChI=1S/C25H32N6O2/c1-16(26)20-13-22(24(32)30-14-18-7-10-19(11-8-18)23(28)29)31(15-20)25(33)21(27)12-9-17-5-3-2-4-6-17/h2-8,10-11,20-22,26H,9,12-15,27H2,1H3,(H3,28,29)(H,30,32)/t20-,21+,22-/m0/s1. The molecule has 2 aromatic carbocycles. The molecule has 174 valence electrons. The number of aryl methyl sites for hydroxylation is 1. The van der Waals surface area contributed by atoms with E-state index in [9.17, 15) is 9.59 Å². The Hall–Kier alpha value is -3.52. The quantitative estimate of drug-likeness (QED) is 0.294. The molecular weight excluding hydrogens is 416 g/mol. The number of amidine groups is 1. The van der Waals surface area contributed by atoms with Gasteiger partial charge in [-0.1, -0.05) is 54.6 Å². The van der Waals surface area contributed by atoms with E-state index in [0.717, 1.165) is 11.1 Å². The average Bonchev–Trinajstić information content (AvgIpc) is 3.27. The average molecular weight is 449 g/mol. The van der Waals surface area contributed by atoms with Crippen molar-refractivity contribution in [3.8, 4) is 0 Å². The highest BCUT2D eigenvalue weighted by Gasteiger charge is 2.41. The van der Waals surface area contributed by atoms with Crippen LogP contribution < -0.4 is 16.8 Å². The number of carbonyl (C=O) groups is 2. The van der Waals surface area contributed by atoms with Gasteiger partial charge < -0.3 is 27.1 Å². The molecule has 0 unspecified atom stereocenters. The normalized spacial score (nSPS) is 18.5. The van der Waals surface area contributed by atoms with Gasteiger partial charge in [-0.05, 0) is 37.3 Å². The van der Waals surface area contributed by atoms with Crippen LogP contribution >= 0.6 is 0 Å². The second-order valence-electron chi connectivity index (χ2n) is 8.58. The first-order chi connectivity index (χ1) is 15.8. The topological polar surface area (TPSA) is 149 Å². The summed E-state index contributed by atoms with van der Waals surface area (Å²) >= 11 is 0. The minimum absolute atomic E-state index is 0.0117. The summed E-state index contributed by atoms with van der Waals surface area (Å²) in [4.78, 5) is 27.7. The van der Waals surface area contributed by atoms with Gasteiger partial charge in [0, 0.05) is 30.3 Å². The molecule has 7 N–H and O–H groups in total. The van der Waals surface area contributed by atoms with Crippen LogP contribution in [-0.4, -0.2) is 46.9 Å². The number of amides is 2. The second-order valence-corrected chi connectivity index (χ2v) is 8.58. The second kappa shape index (κ2) is 10.9. The molecule has 1 aliphatic heterocycles. The van der Waals surface area contributed by atoms with Crippen LogP contribution in [0.2, 0.25) is 0 Å². The van der Waals surface area contributed by atoms with E-state index in [0.29, 0.717) is 43.6 Å². The van der Waals surface area contributed by atoms with Crippen molar-refractivity contribution in [3.63, 3.8) is 0 Å². The maximum atomic E-state index is 13.1. The van der Waals surface area contributed by atoms with Crippen molar-refractivity contribution in [2.45, 2.75) is 44.8 Å². The van der Waals surface area contributed by atoms with E-state index in [1.54, 1.807) is 36.1 Å². The number of benzene rings is 2. The Balaban J connectivity index is 1.63. The minimum Gasteiger partial charge on any atom is -0.384 e. The van der Waals surface area contributed by atoms with Crippen molar-refractivity contribution >= 4 is 23.4 Å². The van der Waals surface area contributed by atoms with E-state index < -0.39 is 12.1 Å². The molecule has 2 amide bonds. The molecule has 0 saturated carbocycles. The van der Waals surface area contributed by atoms with Crippen molar-refractivity contribution in [2.24, 2.45) is 17.4 Å². The molecular formula is C25H32N6O2. The smallest absolute Gasteiger partial charge is 0.243 e. The third-order valence-corrected chi connectivity index (χ3v) is 6.13. The SMILES string of the molecule is CC(=N)[C@H]1C[C@@H](C(=O)NCc2ccc(C(=N)N)cc2)N(C(=O)[C@H](N)CCc2ccccc2)C1. The zero-order chi connectivity index (χ0) is 24.0. The number of rotatable bonds is 9. The minimum atomic E-state index is -0.704. The largest absolute Gasteiger partial charge is 0.384 e. The lowest BCUT2D eigenvalue weighted by Gasteiger charge is -2.27. The van der Waals surface area contributed by atoms with Gasteiger partial charge in [0.2, 0.25) is 11.8 Å². The highest BCUT2D eigenvalue weighted by Crippen LogP contribution is 2.26. The lowest BCUT2D eigenvalue weighted by molar-refractivity contribution is -0.139. The Bertz CT molecular complexity index is 1010. The summed E-state index contributed by atoms with van der Waals surface area (Å²) in [5.74, 6) is -0.665. The number of carbonyl (C=O) groups excluding carboxylic acids is 2. The molecule has 0 bridgehead atoms. The van der Waals surface area contributed by atoms with Gasteiger partial charge in [-0.15, -0.1) is 0 Å². The van der Waals surface area contributed by atoms with E-state index in [-0.39, 0.29) is 23.6 Å². The van der Waals surface area contributed by atoms with E-state index in [1.165, 1.54) is 0 Å². The molecule has 1 heterocycles. The number of nitrogens with two attached hydrogens (primary N) is 2. The van der Waals surface area contributed by atoms with Crippen molar-refractivity contribution in [1.29, 1.82) is 10.8 Å². The van der Waals surface area contributed by atoms with Crippen LogP contribution in [0.15, 0.2) is 54.6 Å². The summed E-state index contributed by atoms with van der Waals surface area (Å²) in [5.41, 5.74) is 14.8. The Morgan fingerprint density at radius 1 is 1.09 bits per heavy atom. The fourth-order valence-corrected chi connectivity index (χ4v) is 4.05. The first-order valence-corrected chi connectivity index (χ1v) is 11.1. The number of hydrogen-bond donors (Lipinski definition) is 5. The molecule has 8 nitrogen and oxygen atoms in total. The molecule has 3 rings (SSSR count). The Labute approximate surface area is 194 Å². The number of nitrogen functional groups attached to an aromatic ring is 1. The summed E-state index contributed by atoms with van der Waals surface area (Å²) < 4.78 is 0. The summed E-state index contributed by atoms with van der Waals surface area (Å²) in [6.45, 7) is 2.34. The van der Waals surface area contributed by atoms with Crippen molar-refractivity contribution < 1.29 is 9.59 Å². The number of nitrogens with one attached hydrogen (secondary N) is 3. The van der Waals surface area contributed by atoms with Gasteiger partial charge in [-0.25, -0.2) is 0 Å². The molecule has 0 spiro atoms. The van der Waals surface area contributed by atoms with Gasteiger partial charge in [-0.3, -0.25) is 15.0 Å². The molecule has 0 aliphatic carbocycles. The van der Waals surface area contributed by atoms with Crippen LogP contribution in [0.1, 0.15) is 36.5 Å². The van der Waals surface area contributed by atoms with Crippen LogP contribution in [0, 0.1) is 16.7 Å². The van der Waals surface area contributed by atoms with Gasteiger partial charge in [0.25, 0.3) is 0 Å². The van der Waals surface area contributed by atoms with Crippen LogP contribution in [0.25, 0.3) is 0 Å². The molecule has 1 fully saturated rings. The monoisotopic (exact) mass is 448 g/mol. The van der Waals surface area contributed by atoms with Gasteiger partial charge >= 0.3 is 0 Å². The molecule has 1 aliphatic rings. The van der Waals surface area contributed by atoms with Gasteiger partial charge in [-0.2, -0.15) is 0 Å². The molecule has 2 aromatic rings. The zero-order valence-electron chi connectivity index (χ0n) is 18.9. The zero-order valence-corrected chi connectivity index (χ0v) is 18.9. The van der Waals surface area contributed by atoms with Gasteiger partial charge in [0.05, 0.1) is 6.04 Å². The number of hydrogen-bond acceptors (Lipinski definition) is 5. The molecule has 1 saturated heterocycles. The maximum absolute atomic E-state index is 13.1. The Morgan fingerprint density at radius 2 is 1.76 bits per heavy atom. The van der Waals surface area contributed by atoms with E-state index >= 15 is 0 Å². The predicted octanol–water partition coefficient (Wildman–Crippen LogP) is 1.80. The number of nitrogens with zero attached hydrogens (tertiary/aromatic N) is 1. The van der Waals surface area contributed by atoms with E-state index in [4.69, 9.17) is 22.3 Å². The summed E-state index contributed by atoms with van der Waals surface area (Å²) in [5, 5.41) is 18.4. The Morgan fingerprint density at radius 3 is 2.36 bits per heavy atom. The first-order valence-electron chi connectivity index (χ1n) is 11.1. The molecule has 0 radical (unpaired) electrons. The summed E-state index contributed by atoms with van der Waals surface area (Å²) in [6, 6.07) is 15.6. The highest BCUT2D eigenvalue weighted by atomic mass is 16.2. The molecule has 33 heavy (non-hydrogen) atoms. The van der Waals surface area contributed by atoms with Crippen LogP contribution in [-0.2, 0) is 22.6 Å². The third-order valence-electron chi connectivity index (χ3n) is 6.13. The molecule has 0 aromatic heterocycles. The van der Waals surface area contributed by atoms with E-state index in [1.807, 2.05) is 30.3 Å². The fourth-order valence-electron chi connectivity index (χ4n) is 4.05. The Kier molecular flexibility index (Phi) is 7.95. The van der Waals surface area contributed by atoms with Gasteiger partial charge in [0.1, 0.15) is 11.9 Å². The maximum Gasteiger partial charge on any atom is 0.243 e. The van der Waals surface area contributed by atoms with Crippen molar-refractivity contribution in [2.75, 3.05) is 6.54 Å². The van der Waals surface area contributed by atoms with Crippen molar-refractivity contribution in [1.82, 2.24) is 10.2 Å². The van der Waals surface area contributed by atoms with Crippen LogP contribution in [0.5, 0.6) is 0 Å². The van der Waals surface area contributed by atoms with Crippen LogP contribution in [0.4, 0.5) is 0 Å². The lowest BCUT2D eigenvalue weighted by atomic mass is 10.0. The lowest BCUT2D eigenvalue weighted by Crippen LogP contribution is -2.51. The van der Waals surface area contributed by atoms with Gasteiger partial charge in [0.15, 0.2) is 0 Å². The summed E-state index contributed by atoms with van der Waals surface area (Å²) in [7, 11) is 0. The van der Waals surface area contributed by atoms with E-state index in [2.05, 4.69) is 5.32 Å².